The molecule has 5 aromatic rings. The van der Waals surface area contributed by atoms with Gasteiger partial charge in [0.2, 0.25) is 0 Å². The summed E-state index contributed by atoms with van der Waals surface area (Å²) in [6, 6.07) is 31.2. The number of benzene rings is 5. The summed E-state index contributed by atoms with van der Waals surface area (Å²) in [5, 5.41) is 0. The molecule has 0 saturated heterocycles. The molecule has 13 nitrogen and oxygen atoms in total. The van der Waals surface area contributed by atoms with Crippen molar-refractivity contribution in [2.75, 3.05) is 106 Å². The van der Waals surface area contributed by atoms with Crippen molar-refractivity contribution in [2.45, 2.75) is 23.0 Å². The lowest BCUT2D eigenvalue weighted by Gasteiger charge is -2.27. The smallest absolute Gasteiger partial charge is 0.194 e. The van der Waals surface area contributed by atoms with Gasteiger partial charge in [0.25, 0.3) is 0 Å². The van der Waals surface area contributed by atoms with Crippen LogP contribution in [0.3, 0.4) is 0 Å². The zero-order chi connectivity index (χ0) is 44.8. The Morgan fingerprint density at radius 3 is 1.20 bits per heavy atom. The van der Waals surface area contributed by atoms with Crippen LogP contribution in [0, 0.1) is 0 Å². The van der Waals surface area contributed by atoms with Crippen molar-refractivity contribution in [3.63, 3.8) is 0 Å². The van der Waals surface area contributed by atoms with Crippen molar-refractivity contribution in [2.24, 2.45) is 0 Å². The van der Waals surface area contributed by atoms with E-state index in [-0.39, 0.29) is 19.0 Å². The van der Waals surface area contributed by atoms with E-state index < -0.39 is 0 Å². The van der Waals surface area contributed by atoms with Crippen LogP contribution in [0.5, 0.6) is 34.5 Å². The van der Waals surface area contributed by atoms with Gasteiger partial charge in [0, 0.05) is 37.6 Å². The van der Waals surface area contributed by atoms with Gasteiger partial charge < -0.3 is 56.8 Å². The molecule has 3 aliphatic heterocycles. The molecule has 3 heterocycles. The van der Waals surface area contributed by atoms with Crippen LogP contribution in [0.1, 0.15) is 38.2 Å². The molecule has 0 saturated carbocycles. The highest BCUT2D eigenvalue weighted by Crippen LogP contribution is 2.58. The number of carbonyl (C=O) groups is 1. The minimum Gasteiger partial charge on any atom is -0.488 e. The first-order chi connectivity index (χ1) is 32.7. The average molecular weight is 937 g/mol. The normalized spacial score (nSPS) is 17.7. The number of ether oxygens (including phenoxy) is 12. The lowest BCUT2D eigenvalue weighted by molar-refractivity contribution is 0.00708. The molecule has 9 rings (SSSR count). The van der Waals surface area contributed by atoms with Crippen molar-refractivity contribution in [1.82, 2.24) is 0 Å². The maximum Gasteiger partial charge on any atom is 0.194 e. The van der Waals surface area contributed by atoms with Gasteiger partial charge in [-0.15, -0.1) is 0 Å². The summed E-state index contributed by atoms with van der Waals surface area (Å²) in [5.41, 5.74) is 5.14. The number of thioether (sulfide) groups is 2. The summed E-state index contributed by atoms with van der Waals surface area (Å²) < 4.78 is 72.7. The van der Waals surface area contributed by atoms with Crippen molar-refractivity contribution < 1.29 is 61.6 Å². The predicted octanol–water partition coefficient (Wildman–Crippen LogP) is 8.65. The molecule has 1 aliphatic carbocycles. The zero-order valence-electron chi connectivity index (χ0n) is 36.6. The maximum atomic E-state index is 14.6. The number of fused-ring (bicyclic) bond motifs is 5. The van der Waals surface area contributed by atoms with Gasteiger partial charge in [-0.05, 0) is 59.7 Å². The van der Waals surface area contributed by atoms with Crippen LogP contribution in [-0.4, -0.2) is 111 Å². The van der Waals surface area contributed by atoms with Crippen LogP contribution < -0.4 is 28.4 Å². The van der Waals surface area contributed by atoms with Gasteiger partial charge in [0.15, 0.2) is 28.8 Å². The molecule has 0 bridgehead atoms. The Kier molecular flexibility index (Phi) is 16.3. The van der Waals surface area contributed by atoms with E-state index in [0.717, 1.165) is 30.7 Å². The number of hydrogen-bond donors (Lipinski definition) is 0. The van der Waals surface area contributed by atoms with E-state index in [1.807, 2.05) is 84.9 Å². The first-order valence-electron chi connectivity index (χ1n) is 22.2. The van der Waals surface area contributed by atoms with E-state index >= 15 is 0 Å². The summed E-state index contributed by atoms with van der Waals surface area (Å²) in [6.45, 7) is 7.27. The Bertz CT molecular complexity index is 2310. The Morgan fingerprint density at radius 2 is 0.788 bits per heavy atom. The maximum absolute atomic E-state index is 14.6. The molecule has 4 aliphatic rings. The summed E-state index contributed by atoms with van der Waals surface area (Å²) >= 11 is 3.36. The summed E-state index contributed by atoms with van der Waals surface area (Å²) in [7, 11) is 0. The highest BCUT2D eigenvalue weighted by Gasteiger charge is 2.36. The summed E-state index contributed by atoms with van der Waals surface area (Å²) in [4.78, 5) is 16.9. The fourth-order valence-corrected chi connectivity index (χ4v) is 10.2. The van der Waals surface area contributed by atoms with Crippen LogP contribution in [0.15, 0.2) is 111 Å². The van der Waals surface area contributed by atoms with Gasteiger partial charge in [0.05, 0.1) is 83.5 Å². The molecule has 0 fully saturated rings. The molecule has 346 valence electrons. The lowest BCUT2D eigenvalue weighted by atomic mass is 9.81. The largest absolute Gasteiger partial charge is 0.488 e. The molecular weight excluding hydrogens is 885 g/mol. The van der Waals surface area contributed by atoms with E-state index in [1.165, 1.54) is 0 Å². The standard InChI is InChI=1S/C51H52O13S2/c52-50-37-5-3-7-41(63-33-35-11-13-39-43(31-35)61-29-25-57-21-17-53-15-19-55-23-27-59-39)47(37)49(51-65-45-9-1-2-10-46(45)66-51)48-38(50)6-4-8-42(48)64-34-36-12-14-40-44(32-36)62-30-26-58-22-18-54-16-20-56-24-28-60-40/h1-14,31-32H,15-30,33-34H2. The Hall–Kier alpha value is -5.23. The van der Waals surface area contributed by atoms with Gasteiger partial charge in [-0.25, -0.2) is 0 Å². The van der Waals surface area contributed by atoms with E-state index in [1.54, 1.807) is 23.5 Å². The molecule has 0 spiro atoms. The van der Waals surface area contributed by atoms with Gasteiger partial charge in [-0.3, -0.25) is 4.79 Å². The van der Waals surface area contributed by atoms with Crippen LogP contribution >= 0.6 is 23.5 Å². The van der Waals surface area contributed by atoms with E-state index in [9.17, 15) is 4.79 Å². The molecule has 66 heavy (non-hydrogen) atoms. The molecule has 5 aromatic carbocycles. The quantitative estimate of drug-likeness (QED) is 0.158. The molecule has 0 radical (unpaired) electrons. The second-order valence-corrected chi connectivity index (χ2v) is 17.6. The second kappa shape index (κ2) is 23.5. The second-order valence-electron chi connectivity index (χ2n) is 15.2. The molecular formula is C51H52O13S2. The number of hydrogen-bond acceptors (Lipinski definition) is 15. The van der Waals surface area contributed by atoms with E-state index in [0.29, 0.717) is 162 Å². The third-order valence-corrected chi connectivity index (χ3v) is 13.3. The minimum absolute atomic E-state index is 0.110. The first kappa shape index (κ1) is 45.9. The Balaban J connectivity index is 1.00. The highest BCUT2D eigenvalue weighted by atomic mass is 32.2. The number of rotatable bonds is 6. The molecule has 15 heteroatoms. The molecule has 0 atom stereocenters. The van der Waals surface area contributed by atoms with Crippen LogP contribution in [0.25, 0.3) is 5.57 Å². The topological polar surface area (TPSA) is 128 Å². The molecule has 0 aromatic heterocycles. The van der Waals surface area contributed by atoms with Crippen molar-refractivity contribution in [3.8, 4) is 34.5 Å². The van der Waals surface area contributed by atoms with Gasteiger partial charge >= 0.3 is 0 Å². The predicted molar refractivity (Wildman–Crippen MR) is 249 cm³/mol. The number of carbonyl (C=O) groups excluding carboxylic acids is 1. The van der Waals surface area contributed by atoms with Crippen molar-refractivity contribution >= 4 is 34.9 Å². The highest BCUT2D eigenvalue weighted by molar-refractivity contribution is 8.25. The van der Waals surface area contributed by atoms with Crippen LogP contribution in [0.2, 0.25) is 0 Å². The summed E-state index contributed by atoms with van der Waals surface area (Å²) in [6.07, 6.45) is 0. The third-order valence-electron chi connectivity index (χ3n) is 10.7. The third kappa shape index (κ3) is 11.6. The molecule has 0 N–H and O–H groups in total. The molecule has 0 amide bonds. The first-order valence-corrected chi connectivity index (χ1v) is 23.8. The Morgan fingerprint density at radius 1 is 0.409 bits per heavy atom. The average Bonchev–Trinajstić information content (AvgIpc) is 3.77. The van der Waals surface area contributed by atoms with Crippen molar-refractivity contribution in [3.05, 3.63) is 135 Å². The molecule has 0 unspecified atom stereocenters. The zero-order valence-corrected chi connectivity index (χ0v) is 38.2. The van der Waals surface area contributed by atoms with Crippen LogP contribution in [-0.2, 0) is 41.6 Å². The van der Waals surface area contributed by atoms with Gasteiger partial charge in [0.1, 0.15) is 51.1 Å². The van der Waals surface area contributed by atoms with E-state index in [4.69, 9.17) is 56.8 Å². The lowest BCUT2D eigenvalue weighted by Crippen LogP contribution is -2.17. The summed E-state index contributed by atoms with van der Waals surface area (Å²) in [5.74, 6) is 3.39. The number of ketones is 1. The van der Waals surface area contributed by atoms with Gasteiger partial charge in [-0.2, -0.15) is 0 Å². The fourth-order valence-electron chi connectivity index (χ4n) is 7.61. The fraction of sp³-hybridized carbons (Fsp3) is 0.353. The van der Waals surface area contributed by atoms with Gasteiger partial charge in [-0.1, -0.05) is 72.1 Å². The van der Waals surface area contributed by atoms with Crippen LogP contribution in [0.4, 0.5) is 0 Å². The Labute approximate surface area is 392 Å². The monoisotopic (exact) mass is 936 g/mol. The minimum atomic E-state index is -0.110. The SMILES string of the molecule is O=C1c2cccc(OCc3ccc4c(c3)OCCOCCOCCOCCO4)c2C(=C2Sc3ccccc3S2)c2c(OCc3ccc4c(c3)OCCOCCOCCOCCO4)cccc21. The van der Waals surface area contributed by atoms with Crippen molar-refractivity contribution in [1.29, 1.82) is 0 Å². The van der Waals surface area contributed by atoms with E-state index in [2.05, 4.69) is 12.1 Å².